The molecule has 0 bridgehead atoms. The highest BCUT2D eigenvalue weighted by Crippen LogP contribution is 2.45. The standard InChI is InChI=1S/C17H26BrNO/c1-16(2,3)19-12-17(8-5-9-17)11-13-10-14(18)6-7-15(13)20-4/h6-7,10,19H,5,8-9,11-12H2,1-4H3. The first-order valence-electron chi connectivity index (χ1n) is 7.41. The molecule has 0 heterocycles. The lowest BCUT2D eigenvalue weighted by Gasteiger charge is -2.44. The summed E-state index contributed by atoms with van der Waals surface area (Å²) in [4.78, 5) is 0. The topological polar surface area (TPSA) is 21.3 Å². The van der Waals surface area contributed by atoms with Gasteiger partial charge in [0.15, 0.2) is 0 Å². The van der Waals surface area contributed by atoms with E-state index in [0.717, 1.165) is 23.2 Å². The van der Waals surface area contributed by atoms with Crippen LogP contribution >= 0.6 is 15.9 Å². The van der Waals surface area contributed by atoms with E-state index in [1.807, 2.05) is 6.07 Å². The van der Waals surface area contributed by atoms with E-state index in [2.05, 4.69) is 54.2 Å². The van der Waals surface area contributed by atoms with Crippen LogP contribution in [-0.4, -0.2) is 19.2 Å². The third kappa shape index (κ3) is 3.98. The van der Waals surface area contributed by atoms with Crippen LogP contribution in [0, 0.1) is 5.41 Å². The SMILES string of the molecule is COc1ccc(Br)cc1CC1(CNC(C)(C)C)CCC1. The van der Waals surface area contributed by atoms with Gasteiger partial charge < -0.3 is 10.1 Å². The Balaban J connectivity index is 2.12. The average Bonchev–Trinajstić information content (AvgIpc) is 2.31. The lowest BCUT2D eigenvalue weighted by molar-refractivity contribution is 0.117. The second kappa shape index (κ2) is 6.07. The van der Waals surface area contributed by atoms with Gasteiger partial charge in [0.2, 0.25) is 0 Å². The van der Waals surface area contributed by atoms with Crippen LogP contribution in [0.4, 0.5) is 0 Å². The number of ether oxygens (including phenoxy) is 1. The third-order valence-corrected chi connectivity index (χ3v) is 4.71. The molecule has 1 aliphatic rings. The molecule has 0 radical (unpaired) electrons. The molecule has 112 valence electrons. The summed E-state index contributed by atoms with van der Waals surface area (Å²) in [7, 11) is 1.76. The van der Waals surface area contributed by atoms with Crippen molar-refractivity contribution in [3.8, 4) is 5.75 Å². The number of benzene rings is 1. The van der Waals surface area contributed by atoms with Crippen molar-refractivity contribution in [3.63, 3.8) is 0 Å². The van der Waals surface area contributed by atoms with E-state index in [4.69, 9.17) is 4.74 Å². The molecule has 20 heavy (non-hydrogen) atoms. The number of rotatable bonds is 5. The van der Waals surface area contributed by atoms with Crippen LogP contribution < -0.4 is 10.1 Å². The van der Waals surface area contributed by atoms with Gasteiger partial charge in [0.1, 0.15) is 5.75 Å². The van der Waals surface area contributed by atoms with Crippen LogP contribution in [0.25, 0.3) is 0 Å². The van der Waals surface area contributed by atoms with Gasteiger partial charge in [-0.25, -0.2) is 0 Å². The molecule has 1 fully saturated rings. The Hall–Kier alpha value is -0.540. The number of hydrogen-bond donors (Lipinski definition) is 1. The van der Waals surface area contributed by atoms with Crippen molar-refractivity contribution in [2.24, 2.45) is 5.41 Å². The highest BCUT2D eigenvalue weighted by atomic mass is 79.9. The van der Waals surface area contributed by atoms with Gasteiger partial charge in [-0.1, -0.05) is 22.4 Å². The molecule has 1 saturated carbocycles. The Kier molecular flexibility index (Phi) is 4.80. The van der Waals surface area contributed by atoms with Crippen LogP contribution in [0.15, 0.2) is 22.7 Å². The zero-order chi connectivity index (χ0) is 14.8. The van der Waals surface area contributed by atoms with Crippen molar-refractivity contribution in [1.29, 1.82) is 0 Å². The Labute approximate surface area is 131 Å². The Morgan fingerprint density at radius 3 is 2.50 bits per heavy atom. The summed E-state index contributed by atoms with van der Waals surface area (Å²) >= 11 is 3.57. The first-order valence-corrected chi connectivity index (χ1v) is 8.20. The number of nitrogens with one attached hydrogen (secondary N) is 1. The van der Waals surface area contributed by atoms with E-state index >= 15 is 0 Å². The highest BCUT2D eigenvalue weighted by molar-refractivity contribution is 9.10. The predicted octanol–water partition coefficient (Wildman–Crippen LogP) is 4.56. The first-order chi connectivity index (χ1) is 9.34. The molecule has 0 atom stereocenters. The smallest absolute Gasteiger partial charge is 0.122 e. The van der Waals surface area contributed by atoms with Gasteiger partial charge >= 0.3 is 0 Å². The van der Waals surface area contributed by atoms with Gasteiger partial charge in [-0.2, -0.15) is 0 Å². The highest BCUT2D eigenvalue weighted by Gasteiger charge is 2.38. The molecule has 1 aromatic carbocycles. The minimum atomic E-state index is 0.184. The second-order valence-electron chi connectivity index (χ2n) is 7.09. The van der Waals surface area contributed by atoms with Crippen LogP contribution in [0.2, 0.25) is 0 Å². The number of methoxy groups -OCH3 is 1. The van der Waals surface area contributed by atoms with E-state index in [9.17, 15) is 0 Å². The molecule has 1 N–H and O–H groups in total. The van der Waals surface area contributed by atoms with Gasteiger partial charge in [-0.3, -0.25) is 0 Å². The summed E-state index contributed by atoms with van der Waals surface area (Å²) < 4.78 is 6.65. The van der Waals surface area contributed by atoms with Crippen LogP contribution in [-0.2, 0) is 6.42 Å². The maximum atomic E-state index is 5.52. The lowest BCUT2D eigenvalue weighted by Crippen LogP contribution is -2.48. The predicted molar refractivity (Wildman–Crippen MR) is 88.4 cm³/mol. The summed E-state index contributed by atoms with van der Waals surface area (Å²) in [5.41, 5.74) is 1.91. The third-order valence-electron chi connectivity index (χ3n) is 4.22. The Morgan fingerprint density at radius 1 is 1.30 bits per heavy atom. The van der Waals surface area contributed by atoms with Crippen LogP contribution in [0.3, 0.4) is 0 Å². The normalized spacial score (nSPS) is 17.6. The van der Waals surface area contributed by atoms with Crippen molar-refractivity contribution < 1.29 is 4.74 Å². The van der Waals surface area contributed by atoms with Gasteiger partial charge in [0.25, 0.3) is 0 Å². The number of halogens is 1. The minimum absolute atomic E-state index is 0.184. The molecule has 0 amide bonds. The quantitative estimate of drug-likeness (QED) is 0.848. The van der Waals surface area contributed by atoms with Crippen molar-refractivity contribution in [1.82, 2.24) is 5.32 Å². The summed E-state index contributed by atoms with van der Waals surface area (Å²) in [5.74, 6) is 1.01. The maximum Gasteiger partial charge on any atom is 0.122 e. The molecule has 0 saturated heterocycles. The van der Waals surface area contributed by atoms with E-state index in [-0.39, 0.29) is 5.54 Å². The molecule has 1 aromatic rings. The van der Waals surface area contributed by atoms with Crippen molar-refractivity contribution in [2.45, 2.75) is 52.0 Å². The monoisotopic (exact) mass is 339 g/mol. The van der Waals surface area contributed by atoms with Gasteiger partial charge in [0.05, 0.1) is 7.11 Å². The van der Waals surface area contributed by atoms with Gasteiger partial charge in [-0.05, 0) is 69.2 Å². The first kappa shape index (κ1) is 15.8. The van der Waals surface area contributed by atoms with Crippen molar-refractivity contribution in [2.75, 3.05) is 13.7 Å². The largest absolute Gasteiger partial charge is 0.496 e. The average molecular weight is 340 g/mol. The van der Waals surface area contributed by atoms with Crippen LogP contribution in [0.1, 0.15) is 45.6 Å². The molecular formula is C17H26BrNO. The summed E-state index contributed by atoms with van der Waals surface area (Å²) in [6.07, 6.45) is 5.07. The number of hydrogen-bond acceptors (Lipinski definition) is 2. The summed E-state index contributed by atoms with van der Waals surface area (Å²) in [5, 5.41) is 3.68. The van der Waals surface area contributed by atoms with Crippen molar-refractivity contribution in [3.05, 3.63) is 28.2 Å². The van der Waals surface area contributed by atoms with E-state index < -0.39 is 0 Å². The molecule has 2 nitrogen and oxygen atoms in total. The second-order valence-corrected chi connectivity index (χ2v) is 8.01. The maximum absolute atomic E-state index is 5.52. The summed E-state index contributed by atoms with van der Waals surface area (Å²) in [6.45, 7) is 7.79. The van der Waals surface area contributed by atoms with Gasteiger partial charge in [-0.15, -0.1) is 0 Å². The fraction of sp³-hybridized carbons (Fsp3) is 0.647. The summed E-state index contributed by atoms with van der Waals surface area (Å²) in [6, 6.07) is 6.31. The fourth-order valence-electron chi connectivity index (χ4n) is 2.83. The molecule has 0 aromatic heterocycles. The minimum Gasteiger partial charge on any atom is -0.496 e. The van der Waals surface area contributed by atoms with E-state index in [1.54, 1.807) is 7.11 Å². The Bertz CT molecular complexity index is 461. The van der Waals surface area contributed by atoms with Gasteiger partial charge in [0, 0.05) is 16.6 Å². The molecule has 2 rings (SSSR count). The molecule has 0 unspecified atom stereocenters. The molecular weight excluding hydrogens is 314 g/mol. The molecule has 0 aliphatic heterocycles. The Morgan fingerprint density at radius 2 is 2.00 bits per heavy atom. The molecule has 0 spiro atoms. The molecule has 3 heteroatoms. The zero-order valence-corrected chi connectivity index (χ0v) is 14.6. The molecule has 1 aliphatic carbocycles. The van der Waals surface area contributed by atoms with Crippen molar-refractivity contribution >= 4 is 15.9 Å². The van der Waals surface area contributed by atoms with Crippen LogP contribution in [0.5, 0.6) is 5.75 Å². The van der Waals surface area contributed by atoms with E-state index in [1.165, 1.54) is 24.8 Å². The fourth-order valence-corrected chi connectivity index (χ4v) is 3.24. The zero-order valence-electron chi connectivity index (χ0n) is 13.1. The lowest BCUT2D eigenvalue weighted by atomic mass is 9.65. The van der Waals surface area contributed by atoms with E-state index in [0.29, 0.717) is 5.41 Å².